The quantitative estimate of drug-likeness (QED) is 0.718. The normalized spacial score (nSPS) is 18.1. The van der Waals surface area contributed by atoms with E-state index in [1.807, 2.05) is 17.9 Å². The number of carbonyl (C=O) groups is 1. The number of H-pyrrole nitrogens is 1. The summed E-state index contributed by atoms with van der Waals surface area (Å²) >= 11 is 0. The van der Waals surface area contributed by atoms with E-state index < -0.39 is 0 Å². The van der Waals surface area contributed by atoms with E-state index in [-0.39, 0.29) is 11.9 Å². The summed E-state index contributed by atoms with van der Waals surface area (Å²) in [7, 11) is 0. The molecule has 0 aliphatic carbocycles. The van der Waals surface area contributed by atoms with Gasteiger partial charge in [0.05, 0.1) is 5.56 Å². The molecule has 15 heavy (non-hydrogen) atoms. The molecule has 1 aliphatic rings. The number of nitrogens with zero attached hydrogens (tertiary/aromatic N) is 1. The lowest BCUT2D eigenvalue weighted by molar-refractivity contribution is 0.0714. The van der Waals surface area contributed by atoms with Crippen LogP contribution in [0.4, 0.5) is 0 Å². The number of nitrogens with two attached hydrogens (primary N) is 1. The zero-order chi connectivity index (χ0) is 10.8. The van der Waals surface area contributed by atoms with E-state index in [0.717, 1.165) is 37.2 Å². The first kappa shape index (κ1) is 10.2. The summed E-state index contributed by atoms with van der Waals surface area (Å²) in [6, 6.07) is 2.10. The smallest absolute Gasteiger partial charge is 0.255 e. The van der Waals surface area contributed by atoms with Gasteiger partial charge in [0.1, 0.15) is 0 Å². The Morgan fingerprint density at radius 2 is 2.20 bits per heavy atom. The second-order valence-electron chi connectivity index (χ2n) is 4.15. The molecule has 2 heterocycles. The molecule has 0 saturated carbocycles. The number of rotatable bonds is 1. The first-order valence-electron chi connectivity index (χ1n) is 5.37. The molecule has 0 bridgehead atoms. The first-order valence-corrected chi connectivity index (χ1v) is 5.37. The zero-order valence-corrected chi connectivity index (χ0v) is 8.99. The molecule has 0 spiro atoms. The first-order chi connectivity index (χ1) is 7.18. The third-order valence-corrected chi connectivity index (χ3v) is 3.01. The van der Waals surface area contributed by atoms with Gasteiger partial charge in [-0.3, -0.25) is 4.79 Å². The lowest BCUT2D eigenvalue weighted by atomic mass is 10.1. The van der Waals surface area contributed by atoms with Crippen LogP contribution in [-0.2, 0) is 0 Å². The number of aryl methyl sites for hydroxylation is 1. The molecule has 1 aromatic heterocycles. The van der Waals surface area contributed by atoms with Crippen LogP contribution in [0.2, 0.25) is 0 Å². The lowest BCUT2D eigenvalue weighted by Crippen LogP contribution is -2.42. The van der Waals surface area contributed by atoms with Gasteiger partial charge in [0.25, 0.3) is 5.91 Å². The minimum atomic E-state index is 0.126. The summed E-state index contributed by atoms with van der Waals surface area (Å²) in [5.41, 5.74) is 7.52. The molecule has 3 N–H and O–H groups in total. The highest BCUT2D eigenvalue weighted by Crippen LogP contribution is 2.14. The number of piperidine rings is 1. The van der Waals surface area contributed by atoms with Gasteiger partial charge in [-0.2, -0.15) is 0 Å². The number of carbonyl (C=O) groups excluding carboxylic acids is 1. The molecule has 0 unspecified atom stereocenters. The van der Waals surface area contributed by atoms with E-state index in [0.29, 0.717) is 0 Å². The maximum absolute atomic E-state index is 12.1. The van der Waals surface area contributed by atoms with Crippen LogP contribution in [0.1, 0.15) is 28.9 Å². The van der Waals surface area contributed by atoms with Gasteiger partial charge < -0.3 is 15.6 Å². The number of hydrogen-bond acceptors (Lipinski definition) is 2. The van der Waals surface area contributed by atoms with Crippen LogP contribution in [0.5, 0.6) is 0 Å². The molecule has 82 valence electrons. The van der Waals surface area contributed by atoms with E-state index in [2.05, 4.69) is 4.98 Å². The Morgan fingerprint density at radius 3 is 2.73 bits per heavy atom. The maximum Gasteiger partial charge on any atom is 0.255 e. The SMILES string of the molecule is Cc1[nH]ccc1C(=O)N1CCC(N)CC1. The Morgan fingerprint density at radius 1 is 1.53 bits per heavy atom. The summed E-state index contributed by atoms with van der Waals surface area (Å²) in [6.45, 7) is 3.48. The van der Waals surface area contributed by atoms with Crippen molar-refractivity contribution in [2.24, 2.45) is 5.73 Å². The van der Waals surface area contributed by atoms with Gasteiger partial charge in [-0.05, 0) is 25.8 Å². The molecule has 0 aromatic carbocycles. The van der Waals surface area contributed by atoms with Crippen LogP contribution in [0.3, 0.4) is 0 Å². The molecule has 1 aromatic rings. The Labute approximate surface area is 89.5 Å². The van der Waals surface area contributed by atoms with E-state index in [4.69, 9.17) is 5.73 Å². The van der Waals surface area contributed by atoms with E-state index >= 15 is 0 Å². The van der Waals surface area contributed by atoms with Crippen molar-refractivity contribution in [2.45, 2.75) is 25.8 Å². The van der Waals surface area contributed by atoms with Gasteiger partial charge in [0, 0.05) is 31.0 Å². The number of likely N-dealkylation sites (tertiary alicyclic amines) is 1. The topological polar surface area (TPSA) is 62.1 Å². The molecule has 2 rings (SSSR count). The van der Waals surface area contributed by atoms with E-state index in [9.17, 15) is 4.79 Å². The fourth-order valence-corrected chi connectivity index (χ4v) is 1.96. The third kappa shape index (κ3) is 2.04. The molecule has 4 nitrogen and oxygen atoms in total. The molecule has 1 saturated heterocycles. The minimum Gasteiger partial charge on any atom is -0.365 e. The van der Waals surface area contributed by atoms with E-state index in [1.165, 1.54) is 0 Å². The van der Waals surface area contributed by atoms with Gasteiger partial charge in [-0.1, -0.05) is 0 Å². The van der Waals surface area contributed by atoms with Crippen LogP contribution < -0.4 is 5.73 Å². The average molecular weight is 207 g/mol. The lowest BCUT2D eigenvalue weighted by Gasteiger charge is -2.30. The number of aromatic amines is 1. The minimum absolute atomic E-state index is 0.126. The highest BCUT2D eigenvalue weighted by molar-refractivity contribution is 5.95. The number of amides is 1. The molecule has 1 fully saturated rings. The van der Waals surface area contributed by atoms with Crippen molar-refractivity contribution in [3.63, 3.8) is 0 Å². The van der Waals surface area contributed by atoms with Gasteiger partial charge in [-0.25, -0.2) is 0 Å². The predicted molar refractivity (Wildman–Crippen MR) is 58.6 cm³/mol. The number of hydrogen-bond donors (Lipinski definition) is 2. The van der Waals surface area contributed by atoms with Crippen molar-refractivity contribution in [3.8, 4) is 0 Å². The van der Waals surface area contributed by atoms with Gasteiger partial charge in [0.2, 0.25) is 0 Å². The highest BCUT2D eigenvalue weighted by atomic mass is 16.2. The molecule has 0 radical (unpaired) electrons. The second kappa shape index (κ2) is 4.06. The van der Waals surface area contributed by atoms with Gasteiger partial charge >= 0.3 is 0 Å². The van der Waals surface area contributed by atoms with Gasteiger partial charge in [-0.15, -0.1) is 0 Å². The van der Waals surface area contributed by atoms with Crippen LogP contribution in [-0.4, -0.2) is 34.9 Å². The highest BCUT2D eigenvalue weighted by Gasteiger charge is 2.22. The zero-order valence-electron chi connectivity index (χ0n) is 8.99. The van der Waals surface area contributed by atoms with Crippen molar-refractivity contribution in [3.05, 3.63) is 23.5 Å². The Balaban J connectivity index is 2.06. The fraction of sp³-hybridized carbons (Fsp3) is 0.545. The fourth-order valence-electron chi connectivity index (χ4n) is 1.96. The van der Waals surface area contributed by atoms with Crippen LogP contribution in [0.15, 0.2) is 12.3 Å². The predicted octanol–water partition coefficient (Wildman–Crippen LogP) is 0.886. The Kier molecular flexibility index (Phi) is 2.77. The Bertz CT molecular complexity index is 350. The maximum atomic E-state index is 12.1. The largest absolute Gasteiger partial charge is 0.365 e. The molecule has 1 aliphatic heterocycles. The van der Waals surface area contributed by atoms with Crippen molar-refractivity contribution in [1.29, 1.82) is 0 Å². The average Bonchev–Trinajstić information content (AvgIpc) is 2.65. The van der Waals surface area contributed by atoms with Crippen molar-refractivity contribution in [1.82, 2.24) is 9.88 Å². The number of aromatic nitrogens is 1. The summed E-state index contributed by atoms with van der Waals surface area (Å²) in [5, 5.41) is 0. The van der Waals surface area contributed by atoms with Gasteiger partial charge in [0.15, 0.2) is 0 Å². The van der Waals surface area contributed by atoms with E-state index in [1.54, 1.807) is 6.20 Å². The summed E-state index contributed by atoms with van der Waals surface area (Å²) in [4.78, 5) is 17.0. The standard InChI is InChI=1S/C11H17N3O/c1-8-10(2-5-13-8)11(15)14-6-3-9(12)4-7-14/h2,5,9,13H,3-4,6-7,12H2,1H3. The monoisotopic (exact) mass is 207 g/mol. The van der Waals surface area contributed by atoms with Crippen LogP contribution in [0.25, 0.3) is 0 Å². The van der Waals surface area contributed by atoms with Crippen LogP contribution >= 0.6 is 0 Å². The molecule has 4 heteroatoms. The van der Waals surface area contributed by atoms with Crippen LogP contribution in [0, 0.1) is 6.92 Å². The molecule has 1 amide bonds. The van der Waals surface area contributed by atoms with Crippen molar-refractivity contribution < 1.29 is 4.79 Å². The molecule has 0 atom stereocenters. The molecular weight excluding hydrogens is 190 g/mol. The van der Waals surface area contributed by atoms with Crippen molar-refractivity contribution >= 4 is 5.91 Å². The second-order valence-corrected chi connectivity index (χ2v) is 4.15. The summed E-state index contributed by atoms with van der Waals surface area (Å²) < 4.78 is 0. The number of nitrogens with one attached hydrogen (secondary N) is 1. The Hall–Kier alpha value is -1.29. The summed E-state index contributed by atoms with van der Waals surface area (Å²) in [6.07, 6.45) is 3.63. The molecular formula is C11H17N3O. The summed E-state index contributed by atoms with van der Waals surface area (Å²) in [5.74, 6) is 0.126. The third-order valence-electron chi connectivity index (χ3n) is 3.01. The van der Waals surface area contributed by atoms with Crippen molar-refractivity contribution in [2.75, 3.05) is 13.1 Å².